The summed E-state index contributed by atoms with van der Waals surface area (Å²) in [4.78, 5) is 13.4. The van der Waals surface area contributed by atoms with E-state index in [1.165, 1.54) is 0 Å². The van der Waals surface area contributed by atoms with E-state index in [1.54, 1.807) is 11.0 Å². The van der Waals surface area contributed by atoms with Crippen LogP contribution in [0, 0.1) is 5.92 Å². The van der Waals surface area contributed by atoms with Crippen molar-refractivity contribution in [1.82, 2.24) is 4.90 Å². The molecule has 1 aliphatic carbocycles. The van der Waals surface area contributed by atoms with E-state index in [0.717, 1.165) is 12.8 Å². The van der Waals surface area contributed by atoms with Crippen molar-refractivity contribution in [2.24, 2.45) is 11.7 Å². The van der Waals surface area contributed by atoms with Gasteiger partial charge in [0.1, 0.15) is 5.83 Å². The minimum Gasteiger partial charge on any atom is -0.335 e. The van der Waals surface area contributed by atoms with Gasteiger partial charge in [0.25, 0.3) is 0 Å². The predicted molar refractivity (Wildman–Crippen MR) is 51.1 cm³/mol. The van der Waals surface area contributed by atoms with Crippen molar-refractivity contribution in [3.8, 4) is 0 Å². The Kier molecular flexibility index (Phi) is 2.54. The summed E-state index contributed by atoms with van der Waals surface area (Å²) in [5.41, 5.74) is 5.61. The lowest BCUT2D eigenvalue weighted by Crippen LogP contribution is -2.48. The van der Waals surface area contributed by atoms with Crippen LogP contribution in [-0.2, 0) is 4.79 Å². The molecular weight excluding hydrogens is 183 g/mol. The maximum Gasteiger partial charge on any atom is 0.226 e. The van der Waals surface area contributed by atoms with Crippen molar-refractivity contribution in [3.05, 3.63) is 11.9 Å². The fourth-order valence-electron chi connectivity index (χ4n) is 2.01. The van der Waals surface area contributed by atoms with Gasteiger partial charge >= 0.3 is 0 Å². The summed E-state index contributed by atoms with van der Waals surface area (Å²) in [5.74, 6) is -0.0564. The summed E-state index contributed by atoms with van der Waals surface area (Å²) < 4.78 is 12.9. The topological polar surface area (TPSA) is 46.3 Å². The molecule has 4 heteroatoms. The molecule has 1 fully saturated rings. The number of nitrogens with zero attached hydrogens (tertiary/aromatic N) is 1. The van der Waals surface area contributed by atoms with Crippen molar-refractivity contribution in [1.29, 1.82) is 0 Å². The zero-order chi connectivity index (χ0) is 10.1. The maximum atomic E-state index is 12.9. The number of halogens is 1. The molecule has 0 radical (unpaired) electrons. The molecule has 0 aromatic heterocycles. The molecule has 1 heterocycles. The molecule has 0 atom stereocenters. The van der Waals surface area contributed by atoms with E-state index >= 15 is 0 Å². The zero-order valence-corrected chi connectivity index (χ0v) is 8.08. The first-order valence-corrected chi connectivity index (χ1v) is 5.05. The number of carbonyl (C=O) groups excluding carboxylic acids is 1. The molecule has 0 unspecified atom stereocenters. The second-order valence-electron chi connectivity index (χ2n) is 4.13. The van der Waals surface area contributed by atoms with Crippen LogP contribution in [0.4, 0.5) is 4.39 Å². The van der Waals surface area contributed by atoms with Gasteiger partial charge in [-0.3, -0.25) is 4.79 Å². The van der Waals surface area contributed by atoms with Gasteiger partial charge in [-0.1, -0.05) is 0 Å². The lowest BCUT2D eigenvalue weighted by Gasteiger charge is -2.36. The third kappa shape index (κ3) is 1.80. The summed E-state index contributed by atoms with van der Waals surface area (Å²) in [7, 11) is 0. The average Bonchev–Trinajstić information content (AvgIpc) is 2.12. The highest BCUT2D eigenvalue weighted by Crippen LogP contribution is 2.28. The fraction of sp³-hybridized carbons (Fsp3) is 0.700. The minimum atomic E-state index is -0.187. The zero-order valence-electron chi connectivity index (χ0n) is 8.08. The van der Waals surface area contributed by atoms with Crippen LogP contribution in [0.1, 0.15) is 19.3 Å². The average molecular weight is 198 g/mol. The van der Waals surface area contributed by atoms with Crippen molar-refractivity contribution < 1.29 is 9.18 Å². The first-order chi connectivity index (χ1) is 6.66. The highest BCUT2D eigenvalue weighted by atomic mass is 19.1. The lowest BCUT2D eigenvalue weighted by atomic mass is 9.80. The number of amides is 1. The lowest BCUT2D eigenvalue weighted by molar-refractivity contribution is -0.138. The van der Waals surface area contributed by atoms with E-state index in [2.05, 4.69) is 0 Å². The first-order valence-electron chi connectivity index (χ1n) is 5.05. The van der Waals surface area contributed by atoms with Crippen LogP contribution >= 0.6 is 0 Å². The van der Waals surface area contributed by atoms with Gasteiger partial charge in [-0.05, 0) is 25.3 Å². The highest BCUT2D eigenvalue weighted by molar-refractivity contribution is 5.80. The number of hydrogen-bond acceptors (Lipinski definition) is 2. The summed E-state index contributed by atoms with van der Waals surface area (Å²) in [6.45, 7) is 0.808. The molecule has 14 heavy (non-hydrogen) atoms. The normalized spacial score (nSPS) is 32.1. The van der Waals surface area contributed by atoms with E-state index in [1.807, 2.05) is 0 Å². The second kappa shape index (κ2) is 3.69. The maximum absolute atomic E-state index is 12.9. The van der Waals surface area contributed by atoms with Crippen molar-refractivity contribution >= 4 is 5.91 Å². The molecule has 0 aromatic carbocycles. The van der Waals surface area contributed by atoms with Crippen LogP contribution in [0.25, 0.3) is 0 Å². The van der Waals surface area contributed by atoms with Crippen LogP contribution in [0.15, 0.2) is 11.9 Å². The van der Waals surface area contributed by atoms with E-state index in [9.17, 15) is 9.18 Å². The largest absolute Gasteiger partial charge is 0.335 e. The molecule has 0 aromatic rings. The predicted octanol–water partition coefficient (Wildman–Crippen LogP) is 0.809. The molecule has 2 aliphatic rings. The van der Waals surface area contributed by atoms with Gasteiger partial charge in [0, 0.05) is 18.5 Å². The number of rotatable bonds is 1. The van der Waals surface area contributed by atoms with Crippen LogP contribution in [0.5, 0.6) is 0 Å². The molecule has 1 aliphatic heterocycles. The Morgan fingerprint density at radius 2 is 2.29 bits per heavy atom. The Labute approximate surface area is 82.7 Å². The van der Waals surface area contributed by atoms with Gasteiger partial charge < -0.3 is 10.6 Å². The van der Waals surface area contributed by atoms with Crippen LogP contribution in [0.3, 0.4) is 0 Å². The van der Waals surface area contributed by atoms with Crippen molar-refractivity contribution in [3.63, 3.8) is 0 Å². The fourth-order valence-corrected chi connectivity index (χ4v) is 2.01. The van der Waals surface area contributed by atoms with Gasteiger partial charge in [-0.2, -0.15) is 0 Å². The standard InChI is InChI=1S/C10H15FN2O/c11-8-2-1-3-13(6-8)10(14)7-4-9(12)5-7/h2,7,9H,1,3-6,12H2. The highest BCUT2D eigenvalue weighted by Gasteiger charge is 2.35. The summed E-state index contributed by atoms with van der Waals surface area (Å²) in [6, 6.07) is 0.175. The third-order valence-electron chi connectivity index (χ3n) is 2.94. The Morgan fingerprint density at radius 3 is 2.86 bits per heavy atom. The molecular formula is C10H15FN2O. The number of hydrogen-bond donors (Lipinski definition) is 1. The van der Waals surface area contributed by atoms with Gasteiger partial charge in [0.05, 0.1) is 6.54 Å². The molecule has 0 bridgehead atoms. The van der Waals surface area contributed by atoms with Crippen LogP contribution < -0.4 is 5.73 Å². The quantitative estimate of drug-likeness (QED) is 0.677. The molecule has 2 N–H and O–H groups in total. The van der Waals surface area contributed by atoms with Crippen LogP contribution in [-0.4, -0.2) is 29.9 Å². The molecule has 1 amide bonds. The summed E-state index contributed by atoms with van der Waals surface area (Å²) >= 11 is 0. The van der Waals surface area contributed by atoms with Gasteiger partial charge in [0.15, 0.2) is 0 Å². The Hall–Kier alpha value is -0.900. The van der Waals surface area contributed by atoms with Gasteiger partial charge in [-0.25, -0.2) is 4.39 Å². The second-order valence-corrected chi connectivity index (χ2v) is 4.13. The first kappa shape index (κ1) is 9.65. The summed E-state index contributed by atoms with van der Waals surface area (Å²) in [6.07, 6.45) is 3.72. The smallest absolute Gasteiger partial charge is 0.226 e. The minimum absolute atomic E-state index is 0.0518. The van der Waals surface area contributed by atoms with E-state index in [0.29, 0.717) is 13.0 Å². The number of carbonyl (C=O) groups is 1. The molecule has 3 nitrogen and oxygen atoms in total. The van der Waals surface area contributed by atoms with Crippen molar-refractivity contribution in [2.45, 2.75) is 25.3 Å². The van der Waals surface area contributed by atoms with Crippen LogP contribution in [0.2, 0.25) is 0 Å². The Morgan fingerprint density at radius 1 is 1.57 bits per heavy atom. The molecule has 0 spiro atoms. The Bertz CT molecular complexity index is 271. The van der Waals surface area contributed by atoms with E-state index in [-0.39, 0.29) is 30.2 Å². The van der Waals surface area contributed by atoms with E-state index in [4.69, 9.17) is 5.73 Å². The SMILES string of the molecule is NC1CC(C(=O)N2CCC=C(F)C2)C1. The Balaban J connectivity index is 1.89. The molecule has 2 rings (SSSR count). The summed E-state index contributed by atoms with van der Waals surface area (Å²) in [5, 5.41) is 0. The molecule has 1 saturated carbocycles. The molecule has 0 saturated heterocycles. The van der Waals surface area contributed by atoms with Gasteiger partial charge in [0.2, 0.25) is 5.91 Å². The van der Waals surface area contributed by atoms with Crippen molar-refractivity contribution in [2.75, 3.05) is 13.1 Å². The number of nitrogens with two attached hydrogens (primary N) is 1. The molecule has 78 valence electrons. The third-order valence-corrected chi connectivity index (χ3v) is 2.94. The van der Waals surface area contributed by atoms with E-state index < -0.39 is 0 Å². The monoisotopic (exact) mass is 198 g/mol. The van der Waals surface area contributed by atoms with Gasteiger partial charge in [-0.15, -0.1) is 0 Å².